The molecule has 1 aromatic heterocycles. The minimum atomic E-state index is -1.00. The van der Waals surface area contributed by atoms with Crippen LogP contribution < -0.4 is 5.32 Å². The van der Waals surface area contributed by atoms with Gasteiger partial charge in [0.15, 0.2) is 5.69 Å². The number of rotatable bonds is 6. The molecule has 0 unspecified atom stereocenters. The van der Waals surface area contributed by atoms with E-state index in [2.05, 4.69) is 10.4 Å². The van der Waals surface area contributed by atoms with E-state index >= 15 is 0 Å². The molecule has 154 valence electrons. The molecule has 1 aliphatic heterocycles. The van der Waals surface area contributed by atoms with Crippen LogP contribution in [0.25, 0.3) is 0 Å². The standard InChI is InChI=1S/C19H23Cl2N3O3.ClH/c1-12-9-17(19(25)26)23-24(12)7-2-3-14-11-22-6-8-27-18(14)13-4-5-15(20)16(21)10-13;/h4-5,9-10,14,18,22H,2-3,6-8,11H2,1H3,(H,25,26);1H/t14-,18+;/m1./s1. The van der Waals surface area contributed by atoms with Crippen molar-refractivity contribution in [1.29, 1.82) is 0 Å². The number of nitrogens with zero attached hydrogens (tertiary/aromatic N) is 2. The summed E-state index contributed by atoms with van der Waals surface area (Å²) in [4.78, 5) is 11.1. The lowest BCUT2D eigenvalue weighted by Gasteiger charge is -2.25. The van der Waals surface area contributed by atoms with Gasteiger partial charge >= 0.3 is 5.97 Å². The van der Waals surface area contributed by atoms with E-state index in [-0.39, 0.29) is 30.1 Å². The maximum Gasteiger partial charge on any atom is 0.356 e. The Balaban J connectivity index is 0.00000280. The number of aromatic nitrogens is 2. The summed E-state index contributed by atoms with van der Waals surface area (Å²) >= 11 is 12.2. The fourth-order valence-corrected chi connectivity index (χ4v) is 3.75. The van der Waals surface area contributed by atoms with Crippen LogP contribution in [-0.4, -0.2) is 40.6 Å². The smallest absolute Gasteiger partial charge is 0.356 e. The van der Waals surface area contributed by atoms with Crippen LogP contribution in [0.4, 0.5) is 0 Å². The predicted octanol–water partition coefficient (Wildman–Crippen LogP) is 4.38. The van der Waals surface area contributed by atoms with Gasteiger partial charge in [-0.05, 0) is 43.5 Å². The molecule has 0 spiro atoms. The highest BCUT2D eigenvalue weighted by molar-refractivity contribution is 6.42. The molecule has 1 aliphatic rings. The number of aromatic carboxylic acids is 1. The summed E-state index contributed by atoms with van der Waals surface area (Å²) in [5.41, 5.74) is 1.96. The van der Waals surface area contributed by atoms with E-state index in [0.29, 0.717) is 23.2 Å². The topological polar surface area (TPSA) is 76.4 Å². The zero-order valence-electron chi connectivity index (χ0n) is 15.5. The van der Waals surface area contributed by atoms with Crippen molar-refractivity contribution in [3.8, 4) is 0 Å². The summed E-state index contributed by atoms with van der Waals surface area (Å²) in [6, 6.07) is 7.24. The first kappa shape index (κ1) is 23.0. The molecule has 1 saturated heterocycles. The molecule has 0 aliphatic carbocycles. The van der Waals surface area contributed by atoms with Crippen LogP contribution in [0.5, 0.6) is 0 Å². The second-order valence-corrected chi connectivity index (χ2v) is 7.59. The van der Waals surface area contributed by atoms with E-state index in [0.717, 1.165) is 37.2 Å². The molecule has 1 aromatic carbocycles. The summed E-state index contributed by atoms with van der Waals surface area (Å²) in [5, 5.41) is 17.7. The Morgan fingerprint density at radius 3 is 2.82 bits per heavy atom. The normalized spacial score (nSPS) is 19.7. The highest BCUT2D eigenvalue weighted by atomic mass is 35.5. The molecule has 0 amide bonds. The number of hydrogen-bond donors (Lipinski definition) is 2. The van der Waals surface area contributed by atoms with E-state index in [1.807, 2.05) is 19.1 Å². The zero-order valence-corrected chi connectivity index (χ0v) is 17.9. The Hall–Kier alpha value is -1.31. The van der Waals surface area contributed by atoms with Gasteiger partial charge in [0, 0.05) is 31.2 Å². The highest BCUT2D eigenvalue weighted by Gasteiger charge is 2.26. The molecule has 3 rings (SSSR count). The third kappa shape index (κ3) is 5.61. The largest absolute Gasteiger partial charge is 0.476 e. The molecule has 0 bridgehead atoms. The summed E-state index contributed by atoms with van der Waals surface area (Å²) in [6.07, 6.45) is 1.73. The van der Waals surface area contributed by atoms with Crippen LogP contribution >= 0.6 is 35.6 Å². The van der Waals surface area contributed by atoms with Crippen molar-refractivity contribution in [2.24, 2.45) is 5.92 Å². The van der Waals surface area contributed by atoms with Gasteiger partial charge in [-0.25, -0.2) is 4.79 Å². The van der Waals surface area contributed by atoms with Crippen LogP contribution in [0.1, 0.15) is 40.7 Å². The average molecular weight is 449 g/mol. The number of nitrogens with one attached hydrogen (secondary N) is 1. The minimum Gasteiger partial charge on any atom is -0.476 e. The average Bonchev–Trinajstić information content (AvgIpc) is 2.86. The van der Waals surface area contributed by atoms with Crippen LogP contribution in [0.3, 0.4) is 0 Å². The van der Waals surface area contributed by atoms with Crippen molar-refractivity contribution in [1.82, 2.24) is 15.1 Å². The number of hydrogen-bond acceptors (Lipinski definition) is 4. The van der Waals surface area contributed by atoms with Crippen LogP contribution in [0.15, 0.2) is 24.3 Å². The number of carboxylic acid groups (broad SMARTS) is 1. The third-order valence-corrected chi connectivity index (χ3v) is 5.57. The summed E-state index contributed by atoms with van der Waals surface area (Å²) < 4.78 is 7.85. The summed E-state index contributed by atoms with van der Waals surface area (Å²) in [7, 11) is 0. The van der Waals surface area contributed by atoms with E-state index in [1.165, 1.54) is 0 Å². The predicted molar refractivity (Wildman–Crippen MR) is 112 cm³/mol. The van der Waals surface area contributed by atoms with Crippen molar-refractivity contribution in [3.63, 3.8) is 0 Å². The first-order chi connectivity index (χ1) is 13.0. The van der Waals surface area contributed by atoms with Gasteiger partial charge in [-0.3, -0.25) is 4.68 Å². The second-order valence-electron chi connectivity index (χ2n) is 6.77. The molecule has 9 heteroatoms. The van der Waals surface area contributed by atoms with Crippen molar-refractivity contribution in [2.75, 3.05) is 19.7 Å². The summed E-state index contributed by atoms with van der Waals surface area (Å²) in [5.74, 6) is -0.725. The van der Waals surface area contributed by atoms with Gasteiger partial charge in [0.25, 0.3) is 0 Å². The number of ether oxygens (including phenoxy) is 1. The molecule has 0 saturated carbocycles. The van der Waals surface area contributed by atoms with Crippen molar-refractivity contribution < 1.29 is 14.6 Å². The molecular formula is C19H24Cl3N3O3. The Morgan fingerprint density at radius 1 is 1.36 bits per heavy atom. The lowest BCUT2D eigenvalue weighted by molar-refractivity contribution is 0.0270. The number of aryl methyl sites for hydroxylation is 2. The zero-order chi connectivity index (χ0) is 19.4. The number of benzene rings is 1. The lowest BCUT2D eigenvalue weighted by atomic mass is 9.91. The van der Waals surface area contributed by atoms with E-state index in [1.54, 1.807) is 16.8 Å². The van der Waals surface area contributed by atoms with Crippen LogP contribution in [-0.2, 0) is 11.3 Å². The fourth-order valence-electron chi connectivity index (χ4n) is 3.44. The maximum atomic E-state index is 11.1. The molecular weight excluding hydrogens is 425 g/mol. The number of carbonyl (C=O) groups is 1. The molecule has 1 fully saturated rings. The number of carboxylic acids is 1. The summed E-state index contributed by atoms with van der Waals surface area (Å²) in [6.45, 7) is 4.84. The lowest BCUT2D eigenvalue weighted by Crippen LogP contribution is -2.25. The quantitative estimate of drug-likeness (QED) is 0.686. The molecule has 2 aromatic rings. The van der Waals surface area contributed by atoms with Gasteiger partial charge in [-0.2, -0.15) is 5.10 Å². The van der Waals surface area contributed by atoms with E-state index in [9.17, 15) is 4.79 Å². The maximum absolute atomic E-state index is 11.1. The molecule has 6 nitrogen and oxygen atoms in total. The molecule has 2 N–H and O–H groups in total. The van der Waals surface area contributed by atoms with Gasteiger partial charge in [0.1, 0.15) is 0 Å². The second kappa shape index (κ2) is 10.5. The molecule has 0 radical (unpaired) electrons. The monoisotopic (exact) mass is 447 g/mol. The van der Waals surface area contributed by atoms with Crippen molar-refractivity contribution in [2.45, 2.75) is 32.4 Å². The van der Waals surface area contributed by atoms with E-state index in [4.69, 9.17) is 33.0 Å². The van der Waals surface area contributed by atoms with Gasteiger partial charge < -0.3 is 15.2 Å². The first-order valence-electron chi connectivity index (χ1n) is 9.00. The molecule has 2 atom stereocenters. The van der Waals surface area contributed by atoms with Crippen LogP contribution in [0.2, 0.25) is 10.0 Å². The fraction of sp³-hybridized carbons (Fsp3) is 0.474. The SMILES string of the molecule is Cc1cc(C(=O)O)nn1CCC[C@@H]1CNCCO[C@H]1c1ccc(Cl)c(Cl)c1.Cl. The molecule has 28 heavy (non-hydrogen) atoms. The van der Waals surface area contributed by atoms with Crippen LogP contribution in [0, 0.1) is 12.8 Å². The number of halogens is 3. The van der Waals surface area contributed by atoms with Gasteiger partial charge in [-0.15, -0.1) is 12.4 Å². The van der Waals surface area contributed by atoms with Gasteiger partial charge in [0.2, 0.25) is 0 Å². The minimum absolute atomic E-state index is 0. The van der Waals surface area contributed by atoms with Gasteiger partial charge in [-0.1, -0.05) is 29.3 Å². The Labute approximate surface area is 180 Å². The van der Waals surface area contributed by atoms with E-state index < -0.39 is 5.97 Å². The van der Waals surface area contributed by atoms with Crippen molar-refractivity contribution >= 4 is 41.6 Å². The molecule has 2 heterocycles. The highest BCUT2D eigenvalue weighted by Crippen LogP contribution is 2.34. The van der Waals surface area contributed by atoms with Crippen molar-refractivity contribution in [3.05, 3.63) is 51.3 Å². The third-order valence-electron chi connectivity index (χ3n) is 4.83. The Morgan fingerprint density at radius 2 is 2.14 bits per heavy atom. The van der Waals surface area contributed by atoms with Gasteiger partial charge in [0.05, 0.1) is 22.8 Å². The Kier molecular flexibility index (Phi) is 8.58. The Bertz CT molecular complexity index is 813. The first-order valence-corrected chi connectivity index (χ1v) is 9.76.